The molecular formula is C13H11ClN2O2. The Morgan fingerprint density at radius 1 is 1.33 bits per heavy atom. The Balaban J connectivity index is 2.04. The van der Waals surface area contributed by atoms with Gasteiger partial charge in [0, 0.05) is 5.56 Å². The van der Waals surface area contributed by atoms with E-state index < -0.39 is 5.91 Å². The highest BCUT2D eigenvalue weighted by atomic mass is 35.5. The van der Waals surface area contributed by atoms with Crippen molar-refractivity contribution in [3.63, 3.8) is 0 Å². The summed E-state index contributed by atoms with van der Waals surface area (Å²) in [7, 11) is 0. The molecule has 0 aliphatic rings. The zero-order valence-corrected chi connectivity index (χ0v) is 10.2. The van der Waals surface area contributed by atoms with Gasteiger partial charge in [0.05, 0.1) is 6.20 Å². The van der Waals surface area contributed by atoms with E-state index in [0.717, 1.165) is 5.56 Å². The summed E-state index contributed by atoms with van der Waals surface area (Å²) in [5.41, 5.74) is 6.53. The van der Waals surface area contributed by atoms with Gasteiger partial charge in [0.1, 0.15) is 17.5 Å². The van der Waals surface area contributed by atoms with Gasteiger partial charge < -0.3 is 10.5 Å². The van der Waals surface area contributed by atoms with Gasteiger partial charge in [-0.3, -0.25) is 4.79 Å². The van der Waals surface area contributed by atoms with Crippen molar-refractivity contribution >= 4 is 17.5 Å². The molecule has 0 saturated heterocycles. The number of ether oxygens (including phenoxy) is 1. The number of nitrogens with zero attached hydrogens (tertiary/aromatic N) is 1. The molecule has 2 N–H and O–H groups in total. The van der Waals surface area contributed by atoms with Crippen LogP contribution in [0.4, 0.5) is 0 Å². The summed E-state index contributed by atoms with van der Waals surface area (Å²) in [6.07, 6.45) is 1.54. The third-order valence-corrected chi connectivity index (χ3v) is 2.54. The zero-order chi connectivity index (χ0) is 13.0. The van der Waals surface area contributed by atoms with Crippen LogP contribution in [0, 0.1) is 0 Å². The van der Waals surface area contributed by atoms with E-state index in [1.54, 1.807) is 36.5 Å². The second-order valence-electron chi connectivity index (χ2n) is 3.67. The third kappa shape index (κ3) is 3.21. The van der Waals surface area contributed by atoms with Crippen molar-refractivity contribution in [1.29, 1.82) is 0 Å². The minimum atomic E-state index is -0.454. The summed E-state index contributed by atoms with van der Waals surface area (Å²) >= 11 is 5.67. The molecule has 0 radical (unpaired) electrons. The summed E-state index contributed by atoms with van der Waals surface area (Å²) in [4.78, 5) is 14.9. The van der Waals surface area contributed by atoms with Crippen molar-refractivity contribution in [2.45, 2.75) is 6.61 Å². The second kappa shape index (κ2) is 5.51. The Labute approximate surface area is 109 Å². The van der Waals surface area contributed by atoms with Crippen LogP contribution < -0.4 is 10.5 Å². The molecule has 18 heavy (non-hydrogen) atoms. The first-order chi connectivity index (χ1) is 8.65. The van der Waals surface area contributed by atoms with E-state index in [1.807, 2.05) is 6.07 Å². The normalized spacial score (nSPS) is 10.1. The molecule has 1 heterocycles. The number of aromatic nitrogens is 1. The van der Waals surface area contributed by atoms with Crippen molar-refractivity contribution in [2.75, 3.05) is 0 Å². The lowest BCUT2D eigenvalue weighted by atomic mass is 10.1. The zero-order valence-electron chi connectivity index (χ0n) is 9.47. The fourth-order valence-corrected chi connectivity index (χ4v) is 1.54. The molecule has 0 saturated carbocycles. The maximum absolute atomic E-state index is 11.0. The van der Waals surface area contributed by atoms with Crippen molar-refractivity contribution in [3.8, 4) is 5.75 Å². The molecule has 0 aliphatic carbocycles. The monoisotopic (exact) mass is 262 g/mol. The third-order valence-electron chi connectivity index (χ3n) is 2.32. The fraction of sp³-hybridized carbons (Fsp3) is 0.0769. The smallest absolute Gasteiger partial charge is 0.248 e. The molecule has 92 valence electrons. The summed E-state index contributed by atoms with van der Waals surface area (Å²) in [5, 5.41) is 0.415. The average Bonchev–Trinajstić information content (AvgIpc) is 2.38. The van der Waals surface area contributed by atoms with Gasteiger partial charge in [0.2, 0.25) is 5.91 Å². The lowest BCUT2D eigenvalue weighted by Gasteiger charge is -2.06. The van der Waals surface area contributed by atoms with Gasteiger partial charge >= 0.3 is 0 Å². The van der Waals surface area contributed by atoms with E-state index in [4.69, 9.17) is 22.1 Å². The Hall–Kier alpha value is -2.07. The van der Waals surface area contributed by atoms with E-state index in [-0.39, 0.29) is 0 Å². The standard InChI is InChI=1S/C13H11ClN2O2/c14-12-5-4-11(7-16-12)18-8-9-2-1-3-10(6-9)13(15)17/h1-7H,8H2,(H2,15,17). The molecule has 0 unspecified atom stereocenters. The Morgan fingerprint density at radius 2 is 2.17 bits per heavy atom. The van der Waals surface area contributed by atoms with Gasteiger partial charge in [-0.1, -0.05) is 23.7 Å². The summed E-state index contributed by atoms with van der Waals surface area (Å²) in [6.45, 7) is 0.338. The number of pyridine rings is 1. The Bertz CT molecular complexity index is 555. The number of amides is 1. The minimum Gasteiger partial charge on any atom is -0.487 e. The van der Waals surface area contributed by atoms with Crippen LogP contribution in [-0.4, -0.2) is 10.9 Å². The maximum Gasteiger partial charge on any atom is 0.248 e. The van der Waals surface area contributed by atoms with E-state index in [0.29, 0.717) is 23.1 Å². The molecule has 2 aromatic rings. The van der Waals surface area contributed by atoms with Crippen LogP contribution >= 0.6 is 11.6 Å². The quantitative estimate of drug-likeness (QED) is 0.861. The first-order valence-electron chi connectivity index (χ1n) is 5.28. The number of hydrogen-bond donors (Lipinski definition) is 1. The molecule has 0 fully saturated rings. The van der Waals surface area contributed by atoms with Crippen molar-refractivity contribution in [3.05, 3.63) is 58.9 Å². The van der Waals surface area contributed by atoms with Crippen molar-refractivity contribution < 1.29 is 9.53 Å². The number of hydrogen-bond acceptors (Lipinski definition) is 3. The summed E-state index contributed by atoms with van der Waals surface area (Å²) in [6, 6.07) is 10.4. The number of benzene rings is 1. The first kappa shape index (κ1) is 12.4. The van der Waals surface area contributed by atoms with Crippen LogP contribution in [0.5, 0.6) is 5.75 Å². The highest BCUT2D eigenvalue weighted by molar-refractivity contribution is 6.29. The molecule has 5 heteroatoms. The molecular weight excluding hydrogens is 252 g/mol. The van der Waals surface area contributed by atoms with E-state index in [9.17, 15) is 4.79 Å². The molecule has 0 atom stereocenters. The molecule has 0 bridgehead atoms. The van der Waals surface area contributed by atoms with E-state index in [2.05, 4.69) is 4.98 Å². The second-order valence-corrected chi connectivity index (χ2v) is 4.06. The number of carbonyl (C=O) groups excluding carboxylic acids is 1. The topological polar surface area (TPSA) is 65.2 Å². The lowest BCUT2D eigenvalue weighted by Crippen LogP contribution is -2.11. The molecule has 2 rings (SSSR count). The van der Waals surface area contributed by atoms with E-state index in [1.165, 1.54) is 0 Å². The van der Waals surface area contributed by atoms with Crippen LogP contribution in [0.1, 0.15) is 15.9 Å². The van der Waals surface area contributed by atoms with Crippen LogP contribution in [0.2, 0.25) is 5.15 Å². The van der Waals surface area contributed by atoms with Crippen molar-refractivity contribution in [2.24, 2.45) is 5.73 Å². The van der Waals surface area contributed by atoms with Crippen LogP contribution in [0.3, 0.4) is 0 Å². The summed E-state index contributed by atoms with van der Waals surface area (Å²) in [5.74, 6) is 0.161. The highest BCUT2D eigenvalue weighted by Crippen LogP contribution is 2.14. The number of primary amides is 1. The summed E-state index contributed by atoms with van der Waals surface area (Å²) < 4.78 is 5.51. The maximum atomic E-state index is 11.0. The molecule has 0 spiro atoms. The predicted octanol–water partition coefficient (Wildman–Crippen LogP) is 2.41. The Kier molecular flexibility index (Phi) is 3.79. The Morgan fingerprint density at radius 3 is 2.83 bits per heavy atom. The number of halogens is 1. The van der Waals surface area contributed by atoms with Gasteiger partial charge in [-0.25, -0.2) is 4.98 Å². The molecule has 1 amide bonds. The first-order valence-corrected chi connectivity index (χ1v) is 5.66. The average molecular weight is 263 g/mol. The minimum absolute atomic E-state index is 0.338. The van der Waals surface area contributed by atoms with Gasteiger partial charge in [0.25, 0.3) is 0 Å². The molecule has 0 aliphatic heterocycles. The van der Waals surface area contributed by atoms with E-state index >= 15 is 0 Å². The SMILES string of the molecule is NC(=O)c1cccc(COc2ccc(Cl)nc2)c1. The number of carbonyl (C=O) groups is 1. The van der Waals surface area contributed by atoms with Crippen LogP contribution in [0.25, 0.3) is 0 Å². The van der Waals surface area contributed by atoms with Crippen LogP contribution in [0.15, 0.2) is 42.6 Å². The van der Waals surface area contributed by atoms with Gasteiger partial charge in [-0.05, 0) is 29.8 Å². The largest absolute Gasteiger partial charge is 0.487 e. The van der Waals surface area contributed by atoms with Crippen LogP contribution in [-0.2, 0) is 6.61 Å². The fourth-order valence-electron chi connectivity index (χ4n) is 1.43. The van der Waals surface area contributed by atoms with Crippen molar-refractivity contribution in [1.82, 2.24) is 4.98 Å². The number of rotatable bonds is 4. The lowest BCUT2D eigenvalue weighted by molar-refractivity contribution is 0.1000. The van der Waals surface area contributed by atoms with Gasteiger partial charge in [-0.2, -0.15) is 0 Å². The predicted molar refractivity (Wildman–Crippen MR) is 68.5 cm³/mol. The van der Waals surface area contributed by atoms with Gasteiger partial charge in [0.15, 0.2) is 0 Å². The molecule has 4 nitrogen and oxygen atoms in total. The van der Waals surface area contributed by atoms with Gasteiger partial charge in [-0.15, -0.1) is 0 Å². The molecule has 1 aromatic carbocycles. The number of nitrogens with two attached hydrogens (primary N) is 1. The highest BCUT2D eigenvalue weighted by Gasteiger charge is 2.02. The molecule has 1 aromatic heterocycles.